The summed E-state index contributed by atoms with van der Waals surface area (Å²) in [7, 11) is 1.25. The van der Waals surface area contributed by atoms with Crippen LogP contribution in [0.15, 0.2) is 30.3 Å². The Balaban J connectivity index is 2.43. The number of amides is 1. The smallest absolute Gasteiger partial charge is 0.326 e. The van der Waals surface area contributed by atoms with Gasteiger partial charge in [0.15, 0.2) is 5.12 Å². The molecule has 146 valence electrons. The van der Waals surface area contributed by atoms with Gasteiger partial charge in [-0.15, -0.1) is 0 Å². The molecule has 1 aromatic rings. The number of carboxylic acids is 1. The van der Waals surface area contributed by atoms with Crippen molar-refractivity contribution in [2.24, 2.45) is 11.8 Å². The summed E-state index contributed by atoms with van der Waals surface area (Å²) < 4.78 is 4.86. The maximum Gasteiger partial charge on any atom is 0.326 e. The summed E-state index contributed by atoms with van der Waals surface area (Å²) in [5.41, 5.74) is 0.677. The molecule has 0 spiro atoms. The summed E-state index contributed by atoms with van der Waals surface area (Å²) in [5.74, 6) is -3.19. The summed E-state index contributed by atoms with van der Waals surface area (Å²) in [6.07, 6.45) is -0.0140. The van der Waals surface area contributed by atoms with Crippen LogP contribution >= 0.6 is 11.8 Å². The third-order valence-corrected chi connectivity index (χ3v) is 5.71. The molecule has 0 unspecified atom stereocenters. The van der Waals surface area contributed by atoms with E-state index in [0.717, 1.165) is 11.8 Å². The average Bonchev–Trinajstić information content (AvgIpc) is 3.06. The maximum atomic E-state index is 13.1. The molecule has 2 rings (SSSR count). The number of nitrogens with zero attached hydrogens (tertiary/aromatic N) is 1. The normalized spacial score (nSPS) is 22.9. The van der Waals surface area contributed by atoms with Gasteiger partial charge in [-0.3, -0.25) is 14.4 Å². The third-order valence-electron chi connectivity index (χ3n) is 4.64. The van der Waals surface area contributed by atoms with Crippen LogP contribution in [-0.4, -0.2) is 51.9 Å². The number of carboxylic acid groups (broad SMARTS) is 1. The van der Waals surface area contributed by atoms with Crippen molar-refractivity contribution in [1.29, 1.82) is 0 Å². The van der Waals surface area contributed by atoms with E-state index in [4.69, 9.17) is 4.74 Å². The lowest BCUT2D eigenvalue weighted by Crippen LogP contribution is -2.45. The minimum absolute atomic E-state index is 0.0140. The number of aliphatic carboxylic acids is 1. The summed E-state index contributed by atoms with van der Waals surface area (Å²) in [4.78, 5) is 49.7. The van der Waals surface area contributed by atoms with E-state index >= 15 is 0 Å². The van der Waals surface area contributed by atoms with Gasteiger partial charge in [-0.1, -0.05) is 49.0 Å². The minimum atomic E-state index is -1.16. The van der Waals surface area contributed by atoms with Gasteiger partial charge in [-0.25, -0.2) is 4.79 Å². The number of hydrogen-bond acceptors (Lipinski definition) is 6. The Morgan fingerprint density at radius 1 is 1.26 bits per heavy atom. The van der Waals surface area contributed by atoms with E-state index in [1.54, 1.807) is 37.3 Å². The lowest BCUT2D eigenvalue weighted by Gasteiger charge is -2.32. The molecule has 0 radical (unpaired) electrons. The van der Waals surface area contributed by atoms with Crippen molar-refractivity contribution >= 4 is 34.7 Å². The Morgan fingerprint density at radius 3 is 2.41 bits per heavy atom. The molecule has 8 heteroatoms. The first-order valence-corrected chi connectivity index (χ1v) is 9.57. The molecule has 0 bridgehead atoms. The largest absolute Gasteiger partial charge is 0.480 e. The van der Waals surface area contributed by atoms with Gasteiger partial charge in [0, 0.05) is 18.6 Å². The van der Waals surface area contributed by atoms with Crippen LogP contribution in [0.4, 0.5) is 0 Å². The SMILES string of the molecule is COC(=O)[C@@H]1C[C@H](C(=O)O)N(C(=O)[C@H](C)CSC(C)=O)[C@@H]1c1ccccc1. The van der Waals surface area contributed by atoms with Crippen LogP contribution in [0, 0.1) is 11.8 Å². The standard InChI is InChI=1S/C19H23NO6S/c1-11(10-27-12(2)21)17(22)20-15(18(23)24)9-14(19(25)26-3)16(20)13-7-5-4-6-8-13/h4-8,11,14-16H,9-10H2,1-3H3,(H,23,24)/t11-,14-,15-,16-/m1/s1. The second kappa shape index (κ2) is 9.03. The molecular weight excluding hydrogens is 370 g/mol. The molecule has 1 aliphatic rings. The number of carbonyl (C=O) groups excluding carboxylic acids is 3. The predicted molar refractivity (Wildman–Crippen MR) is 99.9 cm³/mol. The van der Waals surface area contributed by atoms with Crippen molar-refractivity contribution in [3.8, 4) is 0 Å². The van der Waals surface area contributed by atoms with Crippen LogP contribution in [0.3, 0.4) is 0 Å². The van der Waals surface area contributed by atoms with Gasteiger partial charge >= 0.3 is 11.9 Å². The van der Waals surface area contributed by atoms with Gasteiger partial charge in [0.2, 0.25) is 5.91 Å². The molecule has 1 fully saturated rings. The summed E-state index contributed by atoms with van der Waals surface area (Å²) >= 11 is 1.02. The van der Waals surface area contributed by atoms with Gasteiger partial charge in [-0.05, 0) is 12.0 Å². The second-order valence-electron chi connectivity index (χ2n) is 6.52. The van der Waals surface area contributed by atoms with E-state index in [1.165, 1.54) is 18.9 Å². The van der Waals surface area contributed by atoms with E-state index in [1.807, 2.05) is 0 Å². The Morgan fingerprint density at radius 2 is 1.89 bits per heavy atom. The van der Waals surface area contributed by atoms with Gasteiger partial charge < -0.3 is 14.7 Å². The Labute approximate surface area is 162 Å². The number of methoxy groups -OCH3 is 1. The number of rotatable bonds is 6. The fourth-order valence-corrected chi connectivity index (χ4v) is 4.00. The average molecular weight is 393 g/mol. The first-order valence-electron chi connectivity index (χ1n) is 8.59. The number of benzene rings is 1. The number of esters is 1. The van der Waals surface area contributed by atoms with E-state index < -0.39 is 41.8 Å². The highest BCUT2D eigenvalue weighted by Crippen LogP contribution is 2.42. The molecule has 1 N–H and O–H groups in total. The fourth-order valence-electron chi connectivity index (χ4n) is 3.37. The quantitative estimate of drug-likeness (QED) is 0.739. The Kier molecular flexibility index (Phi) is 7.01. The second-order valence-corrected chi connectivity index (χ2v) is 7.72. The van der Waals surface area contributed by atoms with Gasteiger partial charge in [-0.2, -0.15) is 0 Å². The molecule has 1 heterocycles. The number of carbonyl (C=O) groups is 4. The highest BCUT2D eigenvalue weighted by molar-refractivity contribution is 8.13. The number of hydrogen-bond donors (Lipinski definition) is 1. The number of ether oxygens (including phenoxy) is 1. The van der Waals surface area contributed by atoms with Crippen LogP contribution in [0.25, 0.3) is 0 Å². The first kappa shape index (κ1) is 21.0. The molecule has 0 aromatic heterocycles. The fraction of sp³-hybridized carbons (Fsp3) is 0.474. The van der Waals surface area contributed by atoms with Gasteiger partial charge in [0.25, 0.3) is 0 Å². The predicted octanol–water partition coefficient (Wildman–Crippen LogP) is 2.12. The summed E-state index contributed by atoms with van der Waals surface area (Å²) in [6, 6.07) is 7.03. The molecule has 4 atom stereocenters. The third kappa shape index (κ3) is 4.68. The zero-order valence-corrected chi connectivity index (χ0v) is 16.3. The van der Waals surface area contributed by atoms with E-state index in [0.29, 0.717) is 5.56 Å². The highest BCUT2D eigenvalue weighted by atomic mass is 32.2. The van der Waals surface area contributed by atoms with Crippen LogP contribution in [0.1, 0.15) is 31.9 Å². The molecular formula is C19H23NO6S. The molecule has 7 nitrogen and oxygen atoms in total. The summed E-state index contributed by atoms with van der Waals surface area (Å²) in [6.45, 7) is 3.07. The zero-order valence-electron chi connectivity index (χ0n) is 15.5. The zero-order chi connectivity index (χ0) is 20.1. The maximum absolute atomic E-state index is 13.1. The lowest BCUT2D eigenvalue weighted by atomic mass is 9.93. The molecule has 1 saturated heterocycles. The van der Waals surface area contributed by atoms with Crippen molar-refractivity contribution in [2.45, 2.75) is 32.4 Å². The molecule has 0 aliphatic carbocycles. The van der Waals surface area contributed by atoms with Crippen molar-refractivity contribution in [3.05, 3.63) is 35.9 Å². The highest BCUT2D eigenvalue weighted by Gasteiger charge is 2.51. The van der Waals surface area contributed by atoms with Crippen molar-refractivity contribution in [1.82, 2.24) is 4.90 Å². The first-order chi connectivity index (χ1) is 12.8. The van der Waals surface area contributed by atoms with Gasteiger partial charge in [0.1, 0.15) is 6.04 Å². The van der Waals surface area contributed by atoms with E-state index in [9.17, 15) is 24.3 Å². The monoisotopic (exact) mass is 393 g/mol. The van der Waals surface area contributed by atoms with E-state index in [2.05, 4.69) is 0 Å². The van der Waals surface area contributed by atoms with Crippen LogP contribution in [0.2, 0.25) is 0 Å². The van der Waals surface area contributed by atoms with Crippen LogP contribution in [-0.2, 0) is 23.9 Å². The van der Waals surface area contributed by atoms with E-state index in [-0.39, 0.29) is 17.3 Å². The van der Waals surface area contributed by atoms with Crippen LogP contribution < -0.4 is 0 Å². The number of thioether (sulfide) groups is 1. The van der Waals surface area contributed by atoms with Crippen molar-refractivity contribution in [2.75, 3.05) is 12.9 Å². The topological polar surface area (TPSA) is 101 Å². The molecule has 1 amide bonds. The summed E-state index contributed by atoms with van der Waals surface area (Å²) in [5, 5.41) is 9.55. The molecule has 0 saturated carbocycles. The Bertz CT molecular complexity index is 722. The Hall–Kier alpha value is -2.35. The van der Waals surface area contributed by atoms with Gasteiger partial charge in [0.05, 0.1) is 19.1 Å². The van der Waals surface area contributed by atoms with Crippen molar-refractivity contribution < 1.29 is 29.0 Å². The lowest BCUT2D eigenvalue weighted by molar-refractivity contribution is -0.152. The van der Waals surface area contributed by atoms with Crippen molar-refractivity contribution in [3.63, 3.8) is 0 Å². The molecule has 1 aliphatic heterocycles. The minimum Gasteiger partial charge on any atom is -0.480 e. The molecule has 27 heavy (non-hydrogen) atoms. The molecule has 1 aromatic carbocycles. The number of likely N-dealkylation sites (tertiary alicyclic amines) is 1. The van der Waals surface area contributed by atoms with Crippen LogP contribution in [0.5, 0.6) is 0 Å².